The Morgan fingerprint density at radius 2 is 2.00 bits per heavy atom. The number of carboxylic acid groups (broad SMARTS) is 1. The van der Waals surface area contributed by atoms with E-state index in [9.17, 15) is 4.79 Å². The molecule has 3 heteroatoms. The SMILES string of the molecule is CC=C(C)C(=O)O.[O]. The first-order valence-corrected chi connectivity index (χ1v) is 2.04. The summed E-state index contributed by atoms with van der Waals surface area (Å²) >= 11 is 0. The molecule has 46 valence electrons. The minimum Gasteiger partial charge on any atom is -0.478 e. The number of carbonyl (C=O) groups is 1. The zero-order chi connectivity index (χ0) is 5.86. The number of carboxylic acids is 1. The quantitative estimate of drug-likeness (QED) is 0.517. The smallest absolute Gasteiger partial charge is 0.330 e. The average Bonchev–Trinajstić information content (AvgIpc) is 1.65. The van der Waals surface area contributed by atoms with E-state index in [2.05, 4.69) is 0 Å². The number of hydrogen-bond acceptors (Lipinski definition) is 1. The molecule has 0 fully saturated rings. The lowest BCUT2D eigenvalue weighted by molar-refractivity contribution is -0.132. The van der Waals surface area contributed by atoms with Crippen LogP contribution < -0.4 is 0 Å². The van der Waals surface area contributed by atoms with Crippen LogP contribution in [0.15, 0.2) is 11.6 Å². The highest BCUT2D eigenvalue weighted by Crippen LogP contribution is 1.87. The van der Waals surface area contributed by atoms with Crippen LogP contribution in [0.2, 0.25) is 0 Å². The lowest BCUT2D eigenvalue weighted by Gasteiger charge is -1.84. The molecule has 0 aromatic rings. The summed E-state index contributed by atoms with van der Waals surface area (Å²) in [6, 6.07) is 0. The molecular formula is C5H8O3. The van der Waals surface area contributed by atoms with Crippen LogP contribution in [-0.4, -0.2) is 11.1 Å². The van der Waals surface area contributed by atoms with Crippen molar-refractivity contribution < 1.29 is 15.4 Å². The van der Waals surface area contributed by atoms with Gasteiger partial charge in [-0.15, -0.1) is 0 Å². The molecule has 0 atom stereocenters. The number of rotatable bonds is 1. The first-order chi connectivity index (χ1) is 3.18. The largest absolute Gasteiger partial charge is 0.478 e. The van der Waals surface area contributed by atoms with Crippen LogP contribution in [0.3, 0.4) is 0 Å². The van der Waals surface area contributed by atoms with Gasteiger partial charge in [0.05, 0.1) is 0 Å². The molecular weight excluding hydrogens is 108 g/mol. The zero-order valence-corrected chi connectivity index (χ0v) is 4.84. The van der Waals surface area contributed by atoms with Crippen molar-refractivity contribution in [3.05, 3.63) is 11.6 Å². The third-order valence-electron chi connectivity index (χ3n) is 0.770. The Balaban J connectivity index is 0. The van der Waals surface area contributed by atoms with Crippen molar-refractivity contribution in [1.82, 2.24) is 0 Å². The second-order valence-corrected chi connectivity index (χ2v) is 1.28. The van der Waals surface area contributed by atoms with Gasteiger partial charge < -0.3 is 5.11 Å². The van der Waals surface area contributed by atoms with E-state index in [0.29, 0.717) is 5.57 Å². The van der Waals surface area contributed by atoms with Gasteiger partial charge in [0.25, 0.3) is 0 Å². The molecule has 0 aromatic carbocycles. The zero-order valence-electron chi connectivity index (χ0n) is 4.84. The van der Waals surface area contributed by atoms with E-state index in [-0.39, 0.29) is 5.48 Å². The lowest BCUT2D eigenvalue weighted by atomic mass is 10.3. The topological polar surface area (TPSA) is 65.8 Å². The standard InChI is InChI=1S/C5H8O2.O/c1-3-4(2)5(6)7;/h3H,1-2H3,(H,6,7);. The Bertz CT molecular complexity index is 104. The molecule has 0 bridgehead atoms. The average molecular weight is 116 g/mol. The van der Waals surface area contributed by atoms with Gasteiger partial charge in [-0.3, -0.25) is 0 Å². The summed E-state index contributed by atoms with van der Waals surface area (Å²) in [5.74, 6) is -0.845. The molecule has 0 aliphatic rings. The molecule has 0 aliphatic carbocycles. The molecule has 3 nitrogen and oxygen atoms in total. The summed E-state index contributed by atoms with van der Waals surface area (Å²) in [5, 5.41) is 8.11. The Morgan fingerprint density at radius 1 is 1.62 bits per heavy atom. The first-order valence-electron chi connectivity index (χ1n) is 2.04. The second kappa shape index (κ2) is 4.33. The van der Waals surface area contributed by atoms with Crippen LogP contribution in [0.5, 0.6) is 0 Å². The number of hydrogen-bond donors (Lipinski definition) is 1. The minimum atomic E-state index is -0.845. The second-order valence-electron chi connectivity index (χ2n) is 1.28. The Kier molecular flexibility index (Phi) is 5.53. The van der Waals surface area contributed by atoms with E-state index < -0.39 is 5.97 Å². The van der Waals surface area contributed by atoms with Gasteiger partial charge in [-0.05, 0) is 13.8 Å². The van der Waals surface area contributed by atoms with E-state index in [1.807, 2.05) is 0 Å². The maximum absolute atomic E-state index is 9.86. The molecule has 2 radical (unpaired) electrons. The molecule has 0 aromatic heterocycles. The summed E-state index contributed by atoms with van der Waals surface area (Å²) in [7, 11) is 0. The van der Waals surface area contributed by atoms with Gasteiger partial charge in [0.2, 0.25) is 0 Å². The van der Waals surface area contributed by atoms with Crippen molar-refractivity contribution in [3.8, 4) is 0 Å². The lowest BCUT2D eigenvalue weighted by Crippen LogP contribution is -1.93. The molecule has 0 unspecified atom stereocenters. The molecule has 0 spiro atoms. The van der Waals surface area contributed by atoms with Crippen LogP contribution in [0, 0.1) is 0 Å². The van der Waals surface area contributed by atoms with Gasteiger partial charge in [0.15, 0.2) is 0 Å². The fraction of sp³-hybridized carbons (Fsp3) is 0.400. The monoisotopic (exact) mass is 116 g/mol. The summed E-state index contributed by atoms with van der Waals surface area (Å²) in [6.07, 6.45) is 1.56. The maximum Gasteiger partial charge on any atom is 0.330 e. The molecule has 0 heterocycles. The molecule has 0 saturated carbocycles. The van der Waals surface area contributed by atoms with E-state index >= 15 is 0 Å². The van der Waals surface area contributed by atoms with Gasteiger partial charge in [0, 0.05) is 11.0 Å². The fourth-order valence-corrected chi connectivity index (χ4v) is 0.123. The maximum atomic E-state index is 9.86. The van der Waals surface area contributed by atoms with Gasteiger partial charge in [-0.25, -0.2) is 4.79 Å². The predicted molar refractivity (Wildman–Crippen MR) is 27.8 cm³/mol. The predicted octanol–water partition coefficient (Wildman–Crippen LogP) is 0.918. The van der Waals surface area contributed by atoms with Crippen molar-refractivity contribution in [2.24, 2.45) is 0 Å². The molecule has 0 saturated heterocycles. The number of allylic oxidation sites excluding steroid dienone is 1. The molecule has 0 amide bonds. The molecule has 8 heavy (non-hydrogen) atoms. The Hall–Kier alpha value is -0.830. The highest BCUT2D eigenvalue weighted by Gasteiger charge is 1.93. The highest BCUT2D eigenvalue weighted by molar-refractivity contribution is 5.85. The van der Waals surface area contributed by atoms with Crippen molar-refractivity contribution >= 4 is 5.97 Å². The third-order valence-corrected chi connectivity index (χ3v) is 0.770. The van der Waals surface area contributed by atoms with E-state index in [1.54, 1.807) is 19.9 Å². The first kappa shape index (κ1) is 10.2. The summed E-state index contributed by atoms with van der Waals surface area (Å²) < 4.78 is 0. The summed E-state index contributed by atoms with van der Waals surface area (Å²) in [4.78, 5) is 9.86. The van der Waals surface area contributed by atoms with Gasteiger partial charge in [-0.1, -0.05) is 6.08 Å². The Morgan fingerprint density at radius 3 is 2.00 bits per heavy atom. The highest BCUT2D eigenvalue weighted by atomic mass is 16.4. The normalized spacial score (nSPS) is 10.0. The summed E-state index contributed by atoms with van der Waals surface area (Å²) in [6.45, 7) is 3.26. The van der Waals surface area contributed by atoms with Gasteiger partial charge in [0.1, 0.15) is 0 Å². The van der Waals surface area contributed by atoms with Crippen LogP contribution in [-0.2, 0) is 10.3 Å². The number of aliphatic carboxylic acids is 1. The van der Waals surface area contributed by atoms with E-state index in [1.165, 1.54) is 0 Å². The third kappa shape index (κ3) is 3.36. The van der Waals surface area contributed by atoms with Crippen molar-refractivity contribution in [3.63, 3.8) is 0 Å². The Labute approximate surface area is 47.9 Å². The van der Waals surface area contributed by atoms with Crippen LogP contribution in [0.25, 0.3) is 0 Å². The van der Waals surface area contributed by atoms with E-state index in [0.717, 1.165) is 0 Å². The van der Waals surface area contributed by atoms with Crippen molar-refractivity contribution in [2.45, 2.75) is 13.8 Å². The van der Waals surface area contributed by atoms with Crippen molar-refractivity contribution in [2.75, 3.05) is 0 Å². The molecule has 0 aliphatic heterocycles. The minimum absolute atomic E-state index is 0. The summed E-state index contributed by atoms with van der Waals surface area (Å²) in [5.41, 5.74) is 0.389. The van der Waals surface area contributed by atoms with E-state index in [4.69, 9.17) is 5.11 Å². The van der Waals surface area contributed by atoms with Gasteiger partial charge in [-0.2, -0.15) is 0 Å². The van der Waals surface area contributed by atoms with Crippen molar-refractivity contribution in [1.29, 1.82) is 0 Å². The van der Waals surface area contributed by atoms with Crippen LogP contribution in [0.4, 0.5) is 0 Å². The van der Waals surface area contributed by atoms with Crippen LogP contribution in [0.1, 0.15) is 13.8 Å². The van der Waals surface area contributed by atoms with Crippen LogP contribution >= 0.6 is 0 Å². The fourth-order valence-electron chi connectivity index (χ4n) is 0.123. The molecule has 1 N–H and O–H groups in total. The molecule has 0 rings (SSSR count). The van der Waals surface area contributed by atoms with Gasteiger partial charge >= 0.3 is 5.97 Å².